The monoisotopic (exact) mass is 392 g/mol. The minimum Gasteiger partial charge on any atom is -0.481 e. The fraction of sp³-hybridized carbons (Fsp3) is 0.278. The summed E-state index contributed by atoms with van der Waals surface area (Å²) in [5, 5.41) is 15.9. The van der Waals surface area contributed by atoms with Gasteiger partial charge in [0, 0.05) is 10.6 Å². The Labute approximate surface area is 161 Å². The van der Waals surface area contributed by atoms with Crippen LogP contribution in [0.2, 0.25) is 0 Å². The van der Waals surface area contributed by atoms with Crippen molar-refractivity contribution in [3.05, 3.63) is 45.8 Å². The number of carboxylic acids is 1. The number of hydrogen-bond acceptors (Lipinski definition) is 5. The molecule has 0 fully saturated rings. The van der Waals surface area contributed by atoms with Crippen molar-refractivity contribution in [2.45, 2.75) is 26.7 Å². The minimum absolute atomic E-state index is 0.0280. The average Bonchev–Trinajstić information content (AvgIpc) is 2.90. The summed E-state index contributed by atoms with van der Waals surface area (Å²) in [4.78, 5) is 23.9. The van der Waals surface area contributed by atoms with Crippen LogP contribution in [0.1, 0.15) is 33.3 Å². The van der Waals surface area contributed by atoms with E-state index in [1.54, 1.807) is 24.3 Å². The predicted octanol–water partition coefficient (Wildman–Crippen LogP) is 3.84. The summed E-state index contributed by atoms with van der Waals surface area (Å²) in [7, 11) is 1.35. The second kappa shape index (κ2) is 8.77. The number of anilines is 2. The van der Waals surface area contributed by atoms with E-state index in [0.717, 1.165) is 22.5 Å². The molecule has 0 radical (unpaired) electrons. The topological polar surface area (TPSA) is 87.7 Å². The van der Waals surface area contributed by atoms with Crippen LogP contribution in [0.4, 0.5) is 10.7 Å². The SMILES string of the molecule is CCc1c(C)sc(NC(=S)Nc2ccc(CC(=O)O)cc2)c1C(=O)OC. The molecule has 0 unspecified atom stereocenters. The van der Waals surface area contributed by atoms with Crippen molar-refractivity contribution in [1.82, 2.24) is 0 Å². The highest BCUT2D eigenvalue weighted by atomic mass is 32.1. The number of esters is 1. The Kier molecular flexibility index (Phi) is 6.70. The van der Waals surface area contributed by atoms with E-state index in [1.807, 2.05) is 13.8 Å². The number of carboxylic acid groups (broad SMARTS) is 1. The van der Waals surface area contributed by atoms with E-state index >= 15 is 0 Å². The summed E-state index contributed by atoms with van der Waals surface area (Å²) in [5.74, 6) is -1.27. The van der Waals surface area contributed by atoms with Gasteiger partial charge in [-0.25, -0.2) is 4.79 Å². The molecule has 6 nitrogen and oxygen atoms in total. The Morgan fingerprint density at radius 1 is 1.23 bits per heavy atom. The highest BCUT2D eigenvalue weighted by molar-refractivity contribution is 7.80. The molecule has 0 bridgehead atoms. The van der Waals surface area contributed by atoms with Gasteiger partial charge in [0.05, 0.1) is 19.1 Å². The van der Waals surface area contributed by atoms with Gasteiger partial charge in [0.15, 0.2) is 5.11 Å². The second-order valence-electron chi connectivity index (χ2n) is 5.53. The first-order valence-electron chi connectivity index (χ1n) is 7.95. The molecular weight excluding hydrogens is 372 g/mol. The number of hydrogen-bond donors (Lipinski definition) is 3. The van der Waals surface area contributed by atoms with Crippen LogP contribution in [0.15, 0.2) is 24.3 Å². The summed E-state index contributed by atoms with van der Waals surface area (Å²) in [6, 6.07) is 6.96. The van der Waals surface area contributed by atoms with Gasteiger partial charge in [-0.1, -0.05) is 19.1 Å². The molecule has 0 saturated heterocycles. The van der Waals surface area contributed by atoms with Crippen LogP contribution < -0.4 is 10.6 Å². The van der Waals surface area contributed by atoms with Crippen LogP contribution in [0.25, 0.3) is 0 Å². The maximum Gasteiger partial charge on any atom is 0.341 e. The van der Waals surface area contributed by atoms with Crippen LogP contribution in [0, 0.1) is 6.92 Å². The zero-order valence-corrected chi connectivity index (χ0v) is 16.3. The third kappa shape index (κ3) is 4.80. The Morgan fingerprint density at radius 3 is 2.42 bits per heavy atom. The number of ether oxygens (including phenoxy) is 1. The molecule has 3 N–H and O–H groups in total. The fourth-order valence-electron chi connectivity index (χ4n) is 2.56. The van der Waals surface area contributed by atoms with E-state index in [1.165, 1.54) is 18.4 Å². The van der Waals surface area contributed by atoms with E-state index in [0.29, 0.717) is 21.2 Å². The van der Waals surface area contributed by atoms with Gasteiger partial charge in [-0.2, -0.15) is 0 Å². The zero-order chi connectivity index (χ0) is 19.3. The van der Waals surface area contributed by atoms with Gasteiger partial charge in [-0.15, -0.1) is 11.3 Å². The lowest BCUT2D eigenvalue weighted by atomic mass is 10.1. The smallest absolute Gasteiger partial charge is 0.341 e. The maximum atomic E-state index is 12.1. The molecule has 0 amide bonds. The molecule has 2 rings (SSSR count). The lowest BCUT2D eigenvalue weighted by Crippen LogP contribution is -2.20. The highest BCUT2D eigenvalue weighted by Gasteiger charge is 2.22. The Morgan fingerprint density at radius 2 is 1.88 bits per heavy atom. The van der Waals surface area contributed by atoms with Crippen LogP contribution >= 0.6 is 23.6 Å². The number of aryl methyl sites for hydroxylation is 1. The Balaban J connectivity index is 2.13. The number of carbonyl (C=O) groups is 2. The molecule has 1 aromatic heterocycles. The van der Waals surface area contributed by atoms with Crippen molar-refractivity contribution in [3.63, 3.8) is 0 Å². The molecule has 0 aliphatic heterocycles. The van der Waals surface area contributed by atoms with Crippen molar-refractivity contribution in [1.29, 1.82) is 0 Å². The van der Waals surface area contributed by atoms with Crippen molar-refractivity contribution in [2.75, 3.05) is 17.7 Å². The fourth-order valence-corrected chi connectivity index (χ4v) is 3.98. The second-order valence-corrected chi connectivity index (χ2v) is 7.17. The van der Waals surface area contributed by atoms with Crippen molar-refractivity contribution < 1.29 is 19.4 Å². The van der Waals surface area contributed by atoms with E-state index in [2.05, 4.69) is 10.6 Å². The summed E-state index contributed by atoms with van der Waals surface area (Å²) in [6.07, 6.45) is 0.694. The van der Waals surface area contributed by atoms with E-state index in [-0.39, 0.29) is 6.42 Å². The summed E-state index contributed by atoms with van der Waals surface area (Å²) in [6.45, 7) is 3.94. The molecule has 26 heavy (non-hydrogen) atoms. The molecule has 0 aliphatic rings. The summed E-state index contributed by atoms with van der Waals surface area (Å²) in [5.41, 5.74) is 2.89. The standard InChI is InChI=1S/C18H20N2O4S2/c1-4-13-10(2)26-16(15(13)17(23)24-3)20-18(25)19-12-7-5-11(6-8-12)9-14(21)22/h5-8H,4,9H2,1-3H3,(H,21,22)(H2,19,20,25). The summed E-state index contributed by atoms with van der Waals surface area (Å²) < 4.78 is 4.89. The molecule has 0 saturated carbocycles. The lowest BCUT2D eigenvalue weighted by molar-refractivity contribution is -0.136. The van der Waals surface area contributed by atoms with Crippen LogP contribution in [0.5, 0.6) is 0 Å². The maximum absolute atomic E-state index is 12.1. The van der Waals surface area contributed by atoms with E-state index in [4.69, 9.17) is 22.1 Å². The largest absolute Gasteiger partial charge is 0.481 e. The highest BCUT2D eigenvalue weighted by Crippen LogP contribution is 2.34. The number of thiocarbonyl (C=S) groups is 1. The average molecular weight is 393 g/mol. The Bertz CT molecular complexity index is 828. The van der Waals surface area contributed by atoms with Gasteiger partial charge in [0.1, 0.15) is 5.00 Å². The number of rotatable bonds is 6. The van der Waals surface area contributed by atoms with Gasteiger partial charge >= 0.3 is 11.9 Å². The first-order valence-corrected chi connectivity index (χ1v) is 9.17. The normalized spacial score (nSPS) is 10.3. The van der Waals surface area contributed by atoms with Crippen molar-refractivity contribution in [2.24, 2.45) is 0 Å². The number of aliphatic carboxylic acids is 1. The number of methoxy groups -OCH3 is 1. The molecule has 2 aromatic rings. The third-order valence-corrected chi connectivity index (χ3v) is 5.01. The predicted molar refractivity (Wildman–Crippen MR) is 107 cm³/mol. The number of thiophene rings is 1. The van der Waals surface area contributed by atoms with Gasteiger partial charge in [-0.05, 0) is 48.8 Å². The van der Waals surface area contributed by atoms with Crippen LogP contribution in [-0.2, 0) is 22.4 Å². The first-order chi connectivity index (χ1) is 12.3. The Hall–Kier alpha value is -2.45. The number of nitrogens with one attached hydrogen (secondary N) is 2. The number of benzene rings is 1. The molecule has 1 heterocycles. The molecule has 138 valence electrons. The molecule has 0 aliphatic carbocycles. The van der Waals surface area contributed by atoms with Crippen LogP contribution in [-0.4, -0.2) is 29.3 Å². The zero-order valence-electron chi connectivity index (χ0n) is 14.7. The van der Waals surface area contributed by atoms with Crippen molar-refractivity contribution in [3.8, 4) is 0 Å². The van der Waals surface area contributed by atoms with Gasteiger partial charge in [0.25, 0.3) is 0 Å². The molecule has 0 spiro atoms. The first kappa shape index (κ1) is 19.9. The molecule has 1 aromatic carbocycles. The number of carbonyl (C=O) groups excluding carboxylic acids is 1. The summed E-state index contributed by atoms with van der Waals surface area (Å²) >= 11 is 6.78. The van der Waals surface area contributed by atoms with Gasteiger partial charge in [0.2, 0.25) is 0 Å². The molecular formula is C18H20N2O4S2. The molecule has 8 heteroatoms. The molecule has 0 atom stereocenters. The van der Waals surface area contributed by atoms with E-state index in [9.17, 15) is 9.59 Å². The van der Waals surface area contributed by atoms with Gasteiger partial charge < -0.3 is 20.5 Å². The van der Waals surface area contributed by atoms with E-state index < -0.39 is 11.9 Å². The quantitative estimate of drug-likeness (QED) is 0.508. The van der Waals surface area contributed by atoms with Crippen LogP contribution in [0.3, 0.4) is 0 Å². The van der Waals surface area contributed by atoms with Gasteiger partial charge in [-0.3, -0.25) is 4.79 Å². The lowest BCUT2D eigenvalue weighted by Gasteiger charge is -2.11. The van der Waals surface area contributed by atoms with Crippen molar-refractivity contribution >= 4 is 51.3 Å². The third-order valence-electron chi connectivity index (χ3n) is 3.75. The minimum atomic E-state index is -0.877.